The third kappa shape index (κ3) is 3.75. The van der Waals surface area contributed by atoms with Crippen molar-refractivity contribution in [2.45, 2.75) is 23.6 Å². The Balaban J connectivity index is 2.13. The van der Waals surface area contributed by atoms with Gasteiger partial charge in [0.15, 0.2) is 0 Å². The van der Waals surface area contributed by atoms with Crippen molar-refractivity contribution in [1.29, 1.82) is 0 Å². The molecule has 0 amide bonds. The number of alkyl halides is 1. The Morgan fingerprint density at radius 2 is 2.15 bits per heavy atom. The number of rotatable bonds is 5. The fourth-order valence-corrected chi connectivity index (χ4v) is 6.16. The highest BCUT2D eigenvalue weighted by atomic mass is 79.9. The van der Waals surface area contributed by atoms with Crippen LogP contribution < -0.4 is 0 Å². The van der Waals surface area contributed by atoms with Crippen LogP contribution in [0.3, 0.4) is 0 Å². The Morgan fingerprint density at radius 1 is 1.50 bits per heavy atom. The molecule has 1 aliphatic rings. The molecule has 0 N–H and O–H groups in total. The molecule has 0 aromatic carbocycles. The largest absolute Gasteiger partial charge is 0.381 e. The normalized spacial score (nSPS) is 17.8. The van der Waals surface area contributed by atoms with Crippen molar-refractivity contribution in [2.24, 2.45) is 5.92 Å². The second kappa shape index (κ2) is 7.07. The van der Waals surface area contributed by atoms with E-state index in [9.17, 15) is 8.42 Å². The number of nitrogens with zero attached hydrogens (tertiary/aromatic N) is 1. The molecular weight excluding hydrogens is 386 g/mol. The number of hydrogen-bond acceptors (Lipinski definition) is 4. The zero-order valence-corrected chi connectivity index (χ0v) is 15.1. The molecule has 1 aliphatic heterocycles. The van der Waals surface area contributed by atoms with Crippen molar-refractivity contribution in [3.63, 3.8) is 0 Å². The minimum absolute atomic E-state index is 0.313. The quantitative estimate of drug-likeness (QED) is 0.710. The predicted molar refractivity (Wildman–Crippen MR) is 84.9 cm³/mol. The maximum Gasteiger partial charge on any atom is 0.244 e. The molecule has 0 aliphatic carbocycles. The molecule has 0 unspecified atom stereocenters. The van der Waals surface area contributed by atoms with Gasteiger partial charge in [0, 0.05) is 31.7 Å². The van der Waals surface area contributed by atoms with Crippen LogP contribution in [0.15, 0.2) is 14.7 Å². The summed E-state index contributed by atoms with van der Waals surface area (Å²) in [5.41, 5.74) is 0. The lowest BCUT2D eigenvalue weighted by atomic mass is 10.0. The monoisotopic (exact) mass is 401 g/mol. The molecule has 114 valence electrons. The van der Waals surface area contributed by atoms with Gasteiger partial charge in [-0.2, -0.15) is 0 Å². The van der Waals surface area contributed by atoms with Crippen LogP contribution in [0.25, 0.3) is 0 Å². The maximum absolute atomic E-state index is 12.6. The van der Waals surface area contributed by atoms with Crippen LogP contribution in [0.5, 0.6) is 0 Å². The van der Waals surface area contributed by atoms with Gasteiger partial charge in [-0.1, -0.05) is 0 Å². The molecule has 1 saturated heterocycles. The van der Waals surface area contributed by atoms with Crippen LogP contribution in [0.4, 0.5) is 0 Å². The second-order valence-corrected chi connectivity index (χ2v) is 9.56. The van der Waals surface area contributed by atoms with E-state index in [0.717, 1.165) is 30.9 Å². The summed E-state index contributed by atoms with van der Waals surface area (Å²) in [6.07, 6.45) is 1.83. The molecule has 1 fully saturated rings. The molecule has 2 heterocycles. The van der Waals surface area contributed by atoms with E-state index >= 15 is 0 Å². The van der Waals surface area contributed by atoms with Crippen LogP contribution in [0.2, 0.25) is 0 Å². The topological polar surface area (TPSA) is 46.6 Å². The molecule has 0 spiro atoms. The molecule has 0 radical (unpaired) electrons. The van der Waals surface area contributed by atoms with E-state index in [1.165, 1.54) is 15.6 Å². The van der Waals surface area contributed by atoms with Crippen LogP contribution in [0.1, 0.15) is 17.7 Å². The van der Waals surface area contributed by atoms with Crippen molar-refractivity contribution in [2.75, 3.05) is 26.8 Å². The van der Waals surface area contributed by atoms with Gasteiger partial charge in [-0.15, -0.1) is 22.9 Å². The van der Waals surface area contributed by atoms with E-state index in [2.05, 4.69) is 15.9 Å². The van der Waals surface area contributed by atoms with E-state index in [4.69, 9.17) is 16.3 Å². The summed E-state index contributed by atoms with van der Waals surface area (Å²) in [5.74, 6) is 0.691. The van der Waals surface area contributed by atoms with Crippen LogP contribution >= 0.6 is 38.9 Å². The number of ether oxygens (including phenoxy) is 1. The van der Waals surface area contributed by atoms with Crippen molar-refractivity contribution in [3.05, 3.63) is 14.7 Å². The Kier molecular flexibility index (Phi) is 5.90. The van der Waals surface area contributed by atoms with Gasteiger partial charge >= 0.3 is 0 Å². The third-order valence-electron chi connectivity index (χ3n) is 3.38. The standard InChI is InChI=1S/C12H17BrClNO3S2/c1-15(8-9-2-4-18-5-3-9)20(16,17)11-6-10(7-14)19-12(11)13/h6,9H,2-5,7-8H2,1H3. The summed E-state index contributed by atoms with van der Waals surface area (Å²) >= 11 is 10.4. The minimum Gasteiger partial charge on any atom is -0.381 e. The first kappa shape index (κ1) is 16.7. The summed E-state index contributed by atoms with van der Waals surface area (Å²) in [4.78, 5) is 1.16. The molecule has 20 heavy (non-hydrogen) atoms. The first-order chi connectivity index (χ1) is 9.45. The summed E-state index contributed by atoms with van der Waals surface area (Å²) in [6, 6.07) is 1.65. The number of sulfonamides is 1. The lowest BCUT2D eigenvalue weighted by Gasteiger charge is -2.26. The van der Waals surface area contributed by atoms with E-state index < -0.39 is 10.0 Å². The Labute approximate surface area is 137 Å². The van der Waals surface area contributed by atoms with Gasteiger partial charge in [0.25, 0.3) is 0 Å². The Bertz CT molecular complexity index is 555. The van der Waals surface area contributed by atoms with Gasteiger partial charge in [0.1, 0.15) is 4.90 Å². The molecule has 4 nitrogen and oxygen atoms in total. The smallest absolute Gasteiger partial charge is 0.244 e. The molecule has 2 rings (SSSR count). The second-order valence-electron chi connectivity index (χ2n) is 4.83. The SMILES string of the molecule is CN(CC1CCOCC1)S(=O)(=O)c1cc(CCl)sc1Br. The van der Waals surface area contributed by atoms with Gasteiger partial charge < -0.3 is 4.74 Å². The summed E-state index contributed by atoms with van der Waals surface area (Å²) < 4.78 is 32.5. The summed E-state index contributed by atoms with van der Waals surface area (Å²) in [6.45, 7) is 1.97. The van der Waals surface area contributed by atoms with E-state index in [0.29, 0.717) is 27.0 Å². The Morgan fingerprint density at radius 3 is 2.70 bits per heavy atom. The van der Waals surface area contributed by atoms with Gasteiger partial charge in [-0.05, 0) is 40.8 Å². The molecule has 8 heteroatoms. The molecule has 0 bridgehead atoms. The summed E-state index contributed by atoms with van der Waals surface area (Å²) in [5, 5.41) is 0. The van der Waals surface area contributed by atoms with Gasteiger partial charge in [0.2, 0.25) is 10.0 Å². The summed E-state index contributed by atoms with van der Waals surface area (Å²) in [7, 11) is -1.83. The Hall–Kier alpha value is 0.340. The number of halogens is 2. The average molecular weight is 403 g/mol. The highest BCUT2D eigenvalue weighted by molar-refractivity contribution is 9.11. The van der Waals surface area contributed by atoms with E-state index in [1.54, 1.807) is 13.1 Å². The fourth-order valence-electron chi connectivity index (χ4n) is 2.20. The molecule has 1 aromatic heterocycles. The zero-order chi connectivity index (χ0) is 14.8. The lowest BCUT2D eigenvalue weighted by Crippen LogP contribution is -2.34. The molecule has 0 saturated carbocycles. The number of thiophene rings is 1. The van der Waals surface area contributed by atoms with Gasteiger partial charge in [0.05, 0.1) is 9.67 Å². The van der Waals surface area contributed by atoms with Crippen LogP contribution in [-0.4, -0.2) is 39.5 Å². The van der Waals surface area contributed by atoms with Crippen molar-refractivity contribution >= 4 is 48.9 Å². The van der Waals surface area contributed by atoms with E-state index in [-0.39, 0.29) is 0 Å². The average Bonchev–Trinajstić information content (AvgIpc) is 2.82. The van der Waals surface area contributed by atoms with Crippen molar-refractivity contribution < 1.29 is 13.2 Å². The van der Waals surface area contributed by atoms with Crippen LogP contribution in [0, 0.1) is 5.92 Å². The highest BCUT2D eigenvalue weighted by Gasteiger charge is 2.28. The first-order valence-corrected chi connectivity index (χ1v) is 9.92. The minimum atomic E-state index is -3.46. The van der Waals surface area contributed by atoms with Crippen LogP contribution in [-0.2, 0) is 20.6 Å². The highest BCUT2D eigenvalue weighted by Crippen LogP contribution is 2.34. The molecule has 1 aromatic rings. The zero-order valence-electron chi connectivity index (χ0n) is 11.1. The lowest BCUT2D eigenvalue weighted by molar-refractivity contribution is 0.0620. The number of hydrogen-bond donors (Lipinski definition) is 0. The van der Waals surface area contributed by atoms with Crippen molar-refractivity contribution in [3.8, 4) is 0 Å². The first-order valence-electron chi connectivity index (χ1n) is 6.33. The van der Waals surface area contributed by atoms with Crippen molar-refractivity contribution in [1.82, 2.24) is 4.31 Å². The molecule has 0 atom stereocenters. The van der Waals surface area contributed by atoms with Gasteiger partial charge in [-0.3, -0.25) is 0 Å². The predicted octanol–water partition coefficient (Wildman–Crippen LogP) is 3.30. The third-order valence-corrected chi connectivity index (χ3v) is 7.90. The molecular formula is C12H17BrClNO3S2. The fraction of sp³-hybridized carbons (Fsp3) is 0.667. The maximum atomic E-state index is 12.6. The van der Waals surface area contributed by atoms with E-state index in [1.807, 2.05) is 0 Å². The van der Waals surface area contributed by atoms with Gasteiger partial charge in [-0.25, -0.2) is 12.7 Å².